The van der Waals surface area contributed by atoms with E-state index in [9.17, 15) is 8.42 Å². The molecule has 0 aliphatic heterocycles. The molecule has 0 radical (unpaired) electrons. The number of nitrogens with one attached hydrogen (secondary N) is 1. The summed E-state index contributed by atoms with van der Waals surface area (Å²) in [5, 5.41) is 7.89. The van der Waals surface area contributed by atoms with Crippen LogP contribution in [0.3, 0.4) is 0 Å². The minimum atomic E-state index is -3.49. The van der Waals surface area contributed by atoms with Crippen molar-refractivity contribution >= 4 is 21.5 Å². The number of pyridine rings is 1. The molecular weight excluding hydrogens is 326 g/mol. The number of sulfonamides is 1. The molecule has 8 heteroatoms. The van der Waals surface area contributed by atoms with Crippen LogP contribution in [0.4, 0.5) is 5.82 Å². The number of aromatic nitrogens is 3. The SMILES string of the molecule is Cc1ccc(S(=O)(=O)NCCN(C)c2cccc3nncn23)cc1. The van der Waals surface area contributed by atoms with Crippen molar-refractivity contribution in [2.45, 2.75) is 11.8 Å². The molecule has 2 heterocycles. The van der Waals surface area contributed by atoms with E-state index in [1.54, 1.807) is 30.6 Å². The molecule has 1 N–H and O–H groups in total. The lowest BCUT2D eigenvalue weighted by Crippen LogP contribution is -2.33. The lowest BCUT2D eigenvalue weighted by Gasteiger charge is -2.20. The first-order valence-corrected chi connectivity index (χ1v) is 9.02. The quantitative estimate of drug-likeness (QED) is 0.731. The van der Waals surface area contributed by atoms with E-state index >= 15 is 0 Å². The van der Waals surface area contributed by atoms with Gasteiger partial charge in [-0.1, -0.05) is 23.8 Å². The number of fused-ring (bicyclic) bond motifs is 1. The molecule has 0 amide bonds. The van der Waals surface area contributed by atoms with E-state index in [1.165, 1.54) is 0 Å². The first-order chi connectivity index (χ1) is 11.5. The Kier molecular flexibility index (Phi) is 4.50. The van der Waals surface area contributed by atoms with E-state index in [4.69, 9.17) is 0 Å². The lowest BCUT2D eigenvalue weighted by atomic mass is 10.2. The molecule has 0 saturated heterocycles. The van der Waals surface area contributed by atoms with Crippen LogP contribution in [0.1, 0.15) is 5.56 Å². The average Bonchev–Trinajstić information content (AvgIpc) is 3.03. The number of hydrogen-bond donors (Lipinski definition) is 1. The highest BCUT2D eigenvalue weighted by Gasteiger charge is 2.14. The van der Waals surface area contributed by atoms with Crippen LogP contribution in [0.5, 0.6) is 0 Å². The highest BCUT2D eigenvalue weighted by Crippen LogP contribution is 2.14. The molecule has 0 unspecified atom stereocenters. The summed E-state index contributed by atoms with van der Waals surface area (Å²) in [6.07, 6.45) is 1.64. The standard InChI is InChI=1S/C16H19N5O2S/c1-13-6-8-14(9-7-13)24(22,23)18-10-11-20(2)16-5-3-4-15-19-17-12-21(15)16/h3-9,12,18H,10-11H2,1-2H3. The minimum Gasteiger partial charge on any atom is -0.359 e. The summed E-state index contributed by atoms with van der Waals surface area (Å²) in [4.78, 5) is 2.23. The number of hydrogen-bond acceptors (Lipinski definition) is 5. The van der Waals surface area contributed by atoms with E-state index < -0.39 is 10.0 Å². The van der Waals surface area contributed by atoms with Crippen molar-refractivity contribution in [1.29, 1.82) is 0 Å². The molecule has 0 bridgehead atoms. The van der Waals surface area contributed by atoms with Gasteiger partial charge in [0.2, 0.25) is 10.0 Å². The number of rotatable bonds is 6. The van der Waals surface area contributed by atoms with Crippen LogP contribution in [0.2, 0.25) is 0 Å². The number of aryl methyl sites for hydroxylation is 1. The summed E-state index contributed by atoms with van der Waals surface area (Å²) < 4.78 is 29.0. The molecule has 0 spiro atoms. The largest absolute Gasteiger partial charge is 0.359 e. The second-order valence-electron chi connectivity index (χ2n) is 5.58. The fourth-order valence-corrected chi connectivity index (χ4v) is 3.43. The van der Waals surface area contributed by atoms with E-state index in [2.05, 4.69) is 14.9 Å². The number of likely N-dealkylation sites (N-methyl/N-ethyl adjacent to an activating group) is 1. The van der Waals surface area contributed by atoms with Crippen molar-refractivity contribution in [2.75, 3.05) is 25.0 Å². The van der Waals surface area contributed by atoms with Crippen molar-refractivity contribution < 1.29 is 8.42 Å². The Balaban J connectivity index is 1.65. The fraction of sp³-hybridized carbons (Fsp3) is 0.250. The summed E-state index contributed by atoms with van der Waals surface area (Å²) in [5.41, 5.74) is 1.77. The van der Waals surface area contributed by atoms with Gasteiger partial charge in [0.15, 0.2) is 5.65 Å². The first kappa shape index (κ1) is 16.4. The summed E-state index contributed by atoms with van der Waals surface area (Å²) in [7, 11) is -1.60. The maximum Gasteiger partial charge on any atom is 0.240 e. The Bertz CT molecular complexity index is 935. The maximum atomic E-state index is 12.3. The molecule has 7 nitrogen and oxygen atoms in total. The third kappa shape index (κ3) is 3.39. The highest BCUT2D eigenvalue weighted by molar-refractivity contribution is 7.89. The normalized spacial score (nSPS) is 11.8. The number of anilines is 1. The van der Waals surface area contributed by atoms with Crippen LogP contribution >= 0.6 is 0 Å². The third-order valence-corrected chi connectivity index (χ3v) is 5.25. The van der Waals surface area contributed by atoms with Gasteiger partial charge in [-0.15, -0.1) is 10.2 Å². The Labute approximate surface area is 141 Å². The fourth-order valence-electron chi connectivity index (χ4n) is 2.41. The predicted molar refractivity (Wildman–Crippen MR) is 92.6 cm³/mol. The second kappa shape index (κ2) is 6.58. The number of nitrogens with zero attached hydrogens (tertiary/aromatic N) is 4. The van der Waals surface area contributed by atoms with Crippen molar-refractivity contribution in [1.82, 2.24) is 19.3 Å². The van der Waals surface area contributed by atoms with Gasteiger partial charge in [0.1, 0.15) is 12.1 Å². The van der Waals surface area contributed by atoms with Gasteiger partial charge in [-0.2, -0.15) is 0 Å². The van der Waals surface area contributed by atoms with Gasteiger partial charge in [0.05, 0.1) is 4.90 Å². The molecule has 1 aromatic carbocycles. The zero-order valence-corrected chi connectivity index (χ0v) is 14.4. The first-order valence-electron chi connectivity index (χ1n) is 7.53. The molecule has 3 aromatic rings. The molecule has 0 saturated carbocycles. The molecule has 0 fully saturated rings. The Morgan fingerprint density at radius 2 is 1.92 bits per heavy atom. The van der Waals surface area contributed by atoms with Crippen molar-refractivity contribution in [3.8, 4) is 0 Å². The Morgan fingerprint density at radius 1 is 1.17 bits per heavy atom. The van der Waals surface area contributed by atoms with Gasteiger partial charge < -0.3 is 4.90 Å². The number of benzene rings is 1. The average molecular weight is 345 g/mol. The van der Waals surface area contributed by atoms with Crippen LogP contribution in [0.25, 0.3) is 5.65 Å². The summed E-state index contributed by atoms with van der Waals surface area (Å²) >= 11 is 0. The van der Waals surface area contributed by atoms with E-state index in [0.717, 1.165) is 17.0 Å². The van der Waals surface area contributed by atoms with Crippen LogP contribution in [0.15, 0.2) is 53.7 Å². The van der Waals surface area contributed by atoms with Gasteiger partial charge in [0, 0.05) is 20.1 Å². The van der Waals surface area contributed by atoms with Gasteiger partial charge in [0.25, 0.3) is 0 Å². The molecular formula is C16H19N5O2S. The van der Waals surface area contributed by atoms with Gasteiger partial charge >= 0.3 is 0 Å². The third-order valence-electron chi connectivity index (χ3n) is 3.77. The van der Waals surface area contributed by atoms with Crippen molar-refractivity contribution in [3.63, 3.8) is 0 Å². The van der Waals surface area contributed by atoms with E-state index in [-0.39, 0.29) is 4.90 Å². The predicted octanol–water partition coefficient (Wildman–Crippen LogP) is 1.45. The minimum absolute atomic E-state index is 0.275. The second-order valence-corrected chi connectivity index (χ2v) is 7.34. The Hall–Kier alpha value is -2.45. The van der Waals surface area contributed by atoms with E-state index in [1.807, 2.05) is 41.5 Å². The lowest BCUT2D eigenvalue weighted by molar-refractivity contribution is 0.581. The van der Waals surface area contributed by atoms with E-state index in [0.29, 0.717) is 13.1 Å². The Morgan fingerprint density at radius 3 is 2.67 bits per heavy atom. The van der Waals surface area contributed by atoms with Crippen LogP contribution in [0, 0.1) is 6.92 Å². The monoisotopic (exact) mass is 345 g/mol. The van der Waals surface area contributed by atoms with Gasteiger partial charge in [-0.25, -0.2) is 13.1 Å². The summed E-state index contributed by atoms with van der Waals surface area (Å²) in [6, 6.07) is 12.5. The summed E-state index contributed by atoms with van der Waals surface area (Å²) in [6.45, 7) is 2.73. The highest BCUT2D eigenvalue weighted by atomic mass is 32.2. The topological polar surface area (TPSA) is 79.6 Å². The van der Waals surface area contributed by atoms with Gasteiger partial charge in [-0.3, -0.25) is 4.40 Å². The smallest absolute Gasteiger partial charge is 0.240 e. The van der Waals surface area contributed by atoms with Crippen LogP contribution < -0.4 is 9.62 Å². The van der Waals surface area contributed by atoms with Crippen LogP contribution in [-0.4, -0.2) is 43.2 Å². The molecule has 0 aliphatic rings. The summed E-state index contributed by atoms with van der Waals surface area (Å²) in [5.74, 6) is 0.895. The van der Waals surface area contributed by atoms with Crippen LogP contribution in [-0.2, 0) is 10.0 Å². The zero-order valence-electron chi connectivity index (χ0n) is 13.5. The maximum absolute atomic E-state index is 12.3. The molecule has 0 atom stereocenters. The molecule has 126 valence electrons. The van der Waals surface area contributed by atoms with Crippen molar-refractivity contribution in [2.24, 2.45) is 0 Å². The zero-order chi connectivity index (χ0) is 17.2. The molecule has 2 aromatic heterocycles. The molecule has 3 rings (SSSR count). The van der Waals surface area contributed by atoms with Crippen molar-refractivity contribution in [3.05, 3.63) is 54.4 Å². The van der Waals surface area contributed by atoms with Gasteiger partial charge in [-0.05, 0) is 31.2 Å². The molecule has 0 aliphatic carbocycles. The molecule has 24 heavy (non-hydrogen) atoms.